The van der Waals surface area contributed by atoms with E-state index in [0.717, 1.165) is 25.7 Å². The normalized spacial score (nSPS) is 15.1. The maximum atomic E-state index is 11.9. The zero-order valence-corrected chi connectivity index (χ0v) is 13.0. The number of rotatable bonds is 6. The summed E-state index contributed by atoms with van der Waals surface area (Å²) in [5.74, 6) is -0.0431. The van der Waals surface area contributed by atoms with Crippen molar-refractivity contribution in [3.8, 4) is 5.75 Å². The molecule has 1 fully saturated rings. The molecule has 1 aromatic rings. The molecule has 5 nitrogen and oxygen atoms in total. The fourth-order valence-corrected chi connectivity index (χ4v) is 2.63. The highest BCUT2D eigenvalue weighted by Gasteiger charge is 2.23. The minimum absolute atomic E-state index is 0.0442. The number of benzene rings is 1. The largest absolute Gasteiger partial charge is 0.492 e. The molecule has 0 atom stereocenters. The average Bonchev–Trinajstić information content (AvgIpc) is 2.55. The Bertz CT molecular complexity index is 509. The van der Waals surface area contributed by atoms with Crippen molar-refractivity contribution in [2.24, 2.45) is 5.92 Å². The van der Waals surface area contributed by atoms with Crippen LogP contribution in [0.15, 0.2) is 24.3 Å². The molecule has 22 heavy (non-hydrogen) atoms. The molecule has 1 aliphatic carbocycles. The number of esters is 1. The number of carbonyl (C=O) groups excluding carboxylic acids is 2. The van der Waals surface area contributed by atoms with Gasteiger partial charge >= 0.3 is 5.97 Å². The summed E-state index contributed by atoms with van der Waals surface area (Å²) in [5, 5.41) is 2.71. The van der Waals surface area contributed by atoms with Gasteiger partial charge in [0.1, 0.15) is 5.75 Å². The number of nitrogens with one attached hydrogen (secondary N) is 1. The molecule has 1 aromatic carbocycles. The van der Waals surface area contributed by atoms with Crippen LogP contribution in [0.4, 0.5) is 5.69 Å². The van der Waals surface area contributed by atoms with E-state index < -0.39 is 0 Å². The van der Waals surface area contributed by atoms with Gasteiger partial charge in [-0.3, -0.25) is 9.59 Å². The fraction of sp³-hybridized carbons (Fsp3) is 0.529. The van der Waals surface area contributed by atoms with Gasteiger partial charge in [-0.25, -0.2) is 0 Å². The van der Waals surface area contributed by atoms with Crippen molar-refractivity contribution in [2.75, 3.05) is 18.5 Å². The molecule has 1 aliphatic rings. The van der Waals surface area contributed by atoms with Crippen molar-refractivity contribution in [1.82, 2.24) is 0 Å². The second kappa shape index (κ2) is 8.41. The molecule has 1 N–H and O–H groups in total. The van der Waals surface area contributed by atoms with Gasteiger partial charge in [-0.05, 0) is 31.9 Å². The molecule has 0 bridgehead atoms. The molecule has 0 unspecified atom stereocenters. The van der Waals surface area contributed by atoms with E-state index in [0.29, 0.717) is 18.0 Å². The molecule has 0 spiro atoms. The predicted molar refractivity (Wildman–Crippen MR) is 83.8 cm³/mol. The van der Waals surface area contributed by atoms with Crippen LogP contribution in [0.25, 0.3) is 0 Å². The Hall–Kier alpha value is -2.04. The van der Waals surface area contributed by atoms with E-state index in [-0.39, 0.29) is 24.4 Å². The molecule has 5 heteroatoms. The summed E-state index contributed by atoms with van der Waals surface area (Å²) in [6.45, 7) is 2.14. The summed E-state index contributed by atoms with van der Waals surface area (Å²) in [7, 11) is 0. The second-order valence-electron chi connectivity index (χ2n) is 5.42. The zero-order valence-electron chi connectivity index (χ0n) is 13.0. The van der Waals surface area contributed by atoms with Crippen LogP contribution in [0.1, 0.15) is 39.0 Å². The van der Waals surface area contributed by atoms with E-state index in [1.165, 1.54) is 6.42 Å². The lowest BCUT2D eigenvalue weighted by atomic mass is 9.89. The summed E-state index contributed by atoms with van der Waals surface area (Å²) in [5.41, 5.74) is 0.586. The van der Waals surface area contributed by atoms with Crippen LogP contribution in [-0.4, -0.2) is 25.1 Å². The Labute approximate surface area is 131 Å². The summed E-state index contributed by atoms with van der Waals surface area (Å²) in [6, 6.07) is 7.19. The van der Waals surface area contributed by atoms with Crippen LogP contribution >= 0.6 is 0 Å². The van der Waals surface area contributed by atoms with Crippen LogP contribution < -0.4 is 10.1 Å². The highest BCUT2D eigenvalue weighted by Crippen LogP contribution is 2.25. The number of ether oxygens (including phenoxy) is 2. The van der Waals surface area contributed by atoms with Gasteiger partial charge in [0.25, 0.3) is 5.91 Å². The lowest BCUT2D eigenvalue weighted by molar-refractivity contribution is -0.152. The van der Waals surface area contributed by atoms with Crippen LogP contribution in [0.2, 0.25) is 0 Å². The standard InChI is InChI=1S/C17H23NO4/c1-2-21-15-11-7-6-10-14(15)18-16(19)12-22-17(20)13-8-4-3-5-9-13/h6-7,10-11,13H,2-5,8-9,12H2,1H3,(H,18,19). The maximum Gasteiger partial charge on any atom is 0.309 e. The molecule has 0 heterocycles. The molecule has 0 aliphatic heterocycles. The molecule has 1 saturated carbocycles. The van der Waals surface area contributed by atoms with E-state index >= 15 is 0 Å². The van der Waals surface area contributed by atoms with Gasteiger partial charge in [0.2, 0.25) is 0 Å². The summed E-state index contributed by atoms with van der Waals surface area (Å²) < 4.78 is 10.6. The Morgan fingerprint density at radius 3 is 2.64 bits per heavy atom. The summed E-state index contributed by atoms with van der Waals surface area (Å²) >= 11 is 0. The molecule has 2 rings (SSSR count). The first kappa shape index (κ1) is 16.3. The van der Waals surface area contributed by atoms with E-state index in [1.54, 1.807) is 12.1 Å². The smallest absolute Gasteiger partial charge is 0.309 e. The van der Waals surface area contributed by atoms with Crippen LogP contribution in [0, 0.1) is 5.92 Å². The monoisotopic (exact) mass is 305 g/mol. The van der Waals surface area contributed by atoms with E-state index in [9.17, 15) is 9.59 Å². The molecular weight excluding hydrogens is 282 g/mol. The molecule has 1 amide bonds. The molecule has 0 aromatic heterocycles. The lowest BCUT2D eigenvalue weighted by Crippen LogP contribution is -2.26. The van der Waals surface area contributed by atoms with Crippen molar-refractivity contribution in [2.45, 2.75) is 39.0 Å². The minimum Gasteiger partial charge on any atom is -0.492 e. The van der Waals surface area contributed by atoms with Gasteiger partial charge < -0.3 is 14.8 Å². The van der Waals surface area contributed by atoms with Gasteiger partial charge in [0.05, 0.1) is 18.2 Å². The Kier molecular flexibility index (Phi) is 6.25. The Morgan fingerprint density at radius 2 is 1.91 bits per heavy atom. The van der Waals surface area contributed by atoms with Crippen molar-refractivity contribution in [1.29, 1.82) is 0 Å². The van der Waals surface area contributed by atoms with Crippen LogP contribution in [0.3, 0.4) is 0 Å². The van der Waals surface area contributed by atoms with E-state index in [4.69, 9.17) is 9.47 Å². The second-order valence-corrected chi connectivity index (χ2v) is 5.42. The number of anilines is 1. The van der Waals surface area contributed by atoms with Gasteiger partial charge in [0, 0.05) is 0 Å². The lowest BCUT2D eigenvalue weighted by Gasteiger charge is -2.19. The number of hydrogen-bond acceptors (Lipinski definition) is 4. The van der Waals surface area contributed by atoms with Crippen molar-refractivity contribution < 1.29 is 19.1 Å². The number of carbonyl (C=O) groups is 2. The van der Waals surface area contributed by atoms with Gasteiger partial charge in [0.15, 0.2) is 6.61 Å². The van der Waals surface area contributed by atoms with E-state index in [1.807, 2.05) is 19.1 Å². The van der Waals surface area contributed by atoms with Gasteiger partial charge in [-0.2, -0.15) is 0 Å². The third kappa shape index (κ3) is 4.76. The van der Waals surface area contributed by atoms with Crippen LogP contribution in [0.5, 0.6) is 5.75 Å². The molecule has 0 saturated heterocycles. The van der Waals surface area contributed by atoms with Crippen molar-refractivity contribution in [3.05, 3.63) is 24.3 Å². The third-order valence-electron chi connectivity index (χ3n) is 3.75. The number of hydrogen-bond donors (Lipinski definition) is 1. The Balaban J connectivity index is 1.81. The predicted octanol–water partition coefficient (Wildman–Crippen LogP) is 3.15. The molecule has 0 radical (unpaired) electrons. The van der Waals surface area contributed by atoms with Crippen LogP contribution in [-0.2, 0) is 14.3 Å². The van der Waals surface area contributed by atoms with Crippen molar-refractivity contribution >= 4 is 17.6 Å². The first-order chi connectivity index (χ1) is 10.7. The molecule has 120 valence electrons. The fourth-order valence-electron chi connectivity index (χ4n) is 2.63. The average molecular weight is 305 g/mol. The van der Waals surface area contributed by atoms with Gasteiger partial charge in [-0.1, -0.05) is 31.4 Å². The highest BCUT2D eigenvalue weighted by atomic mass is 16.5. The third-order valence-corrected chi connectivity index (χ3v) is 3.75. The topological polar surface area (TPSA) is 64.6 Å². The Morgan fingerprint density at radius 1 is 1.18 bits per heavy atom. The minimum atomic E-state index is -0.351. The number of amides is 1. The quantitative estimate of drug-likeness (QED) is 0.820. The summed E-state index contributed by atoms with van der Waals surface area (Å²) in [6.07, 6.45) is 5.04. The van der Waals surface area contributed by atoms with E-state index in [2.05, 4.69) is 5.32 Å². The zero-order chi connectivity index (χ0) is 15.8. The molecular formula is C17H23NO4. The number of para-hydroxylation sites is 2. The van der Waals surface area contributed by atoms with Crippen molar-refractivity contribution in [3.63, 3.8) is 0 Å². The maximum absolute atomic E-state index is 11.9. The first-order valence-electron chi connectivity index (χ1n) is 7.89. The first-order valence-corrected chi connectivity index (χ1v) is 7.89. The van der Waals surface area contributed by atoms with Gasteiger partial charge in [-0.15, -0.1) is 0 Å². The SMILES string of the molecule is CCOc1ccccc1NC(=O)COC(=O)C1CCCCC1. The highest BCUT2D eigenvalue weighted by molar-refractivity contribution is 5.94. The summed E-state index contributed by atoms with van der Waals surface area (Å²) in [4.78, 5) is 23.8.